The monoisotopic (exact) mass is 359 g/mol. The third-order valence-electron chi connectivity index (χ3n) is 4.91. The SMILES string of the molecule is CCCN(CCC)C(=O)c1cccc(NC(=O)CN2CCC(C)CC2)c1. The van der Waals surface area contributed by atoms with E-state index in [1.165, 1.54) is 0 Å². The minimum atomic E-state index is -0.0110. The second kappa shape index (κ2) is 10.3. The summed E-state index contributed by atoms with van der Waals surface area (Å²) in [6.07, 6.45) is 4.19. The fourth-order valence-electron chi connectivity index (χ4n) is 3.39. The van der Waals surface area contributed by atoms with E-state index in [4.69, 9.17) is 0 Å². The van der Waals surface area contributed by atoms with Crippen molar-refractivity contribution in [1.82, 2.24) is 9.80 Å². The molecule has 2 amide bonds. The first kappa shape index (κ1) is 20.4. The molecule has 0 spiro atoms. The van der Waals surface area contributed by atoms with Gasteiger partial charge in [-0.05, 0) is 62.9 Å². The summed E-state index contributed by atoms with van der Waals surface area (Å²) in [4.78, 5) is 29.1. The van der Waals surface area contributed by atoms with E-state index in [1.807, 2.05) is 23.1 Å². The van der Waals surface area contributed by atoms with E-state index < -0.39 is 0 Å². The van der Waals surface area contributed by atoms with Crippen LogP contribution in [0.3, 0.4) is 0 Å². The topological polar surface area (TPSA) is 52.7 Å². The maximum absolute atomic E-state index is 12.7. The fraction of sp³-hybridized carbons (Fsp3) is 0.619. The van der Waals surface area contributed by atoms with Crippen molar-refractivity contribution in [3.63, 3.8) is 0 Å². The molecule has 0 unspecified atom stereocenters. The van der Waals surface area contributed by atoms with Gasteiger partial charge in [-0.1, -0.05) is 26.8 Å². The normalized spacial score (nSPS) is 15.7. The van der Waals surface area contributed by atoms with Gasteiger partial charge in [0.2, 0.25) is 5.91 Å². The summed E-state index contributed by atoms with van der Waals surface area (Å²) in [7, 11) is 0. The minimum absolute atomic E-state index is 0.0110. The van der Waals surface area contributed by atoms with Gasteiger partial charge in [-0.3, -0.25) is 14.5 Å². The van der Waals surface area contributed by atoms with Crippen molar-refractivity contribution in [2.75, 3.05) is 38.0 Å². The highest BCUT2D eigenvalue weighted by molar-refractivity contribution is 5.97. The van der Waals surface area contributed by atoms with Crippen LogP contribution in [0.5, 0.6) is 0 Å². The van der Waals surface area contributed by atoms with Crippen LogP contribution < -0.4 is 5.32 Å². The smallest absolute Gasteiger partial charge is 0.253 e. The maximum Gasteiger partial charge on any atom is 0.253 e. The van der Waals surface area contributed by atoms with Gasteiger partial charge in [0, 0.05) is 24.3 Å². The molecule has 0 radical (unpaired) electrons. The van der Waals surface area contributed by atoms with Crippen LogP contribution in [0.1, 0.15) is 56.8 Å². The Kier molecular flexibility index (Phi) is 8.10. The standard InChI is InChI=1S/C21H33N3O2/c1-4-11-24(12-5-2)21(26)18-7-6-8-19(15-18)22-20(25)16-23-13-9-17(3)10-14-23/h6-8,15,17H,4-5,9-14,16H2,1-3H3,(H,22,25). The van der Waals surface area contributed by atoms with Crippen LogP contribution in [0.15, 0.2) is 24.3 Å². The largest absolute Gasteiger partial charge is 0.339 e. The number of anilines is 1. The van der Waals surface area contributed by atoms with Crippen molar-refractivity contribution in [1.29, 1.82) is 0 Å². The molecule has 1 aliphatic heterocycles. The summed E-state index contributed by atoms with van der Waals surface area (Å²) in [5.41, 5.74) is 1.33. The molecule has 5 heteroatoms. The lowest BCUT2D eigenvalue weighted by atomic mass is 9.99. The summed E-state index contributed by atoms with van der Waals surface area (Å²) < 4.78 is 0. The lowest BCUT2D eigenvalue weighted by molar-refractivity contribution is -0.117. The Balaban J connectivity index is 1.95. The highest BCUT2D eigenvalue weighted by Crippen LogP contribution is 2.17. The van der Waals surface area contributed by atoms with Crippen LogP contribution in [0, 0.1) is 5.92 Å². The summed E-state index contributed by atoms with van der Waals surface area (Å²) in [5.74, 6) is 0.782. The Bertz CT molecular complexity index is 589. The molecule has 0 atom stereocenters. The van der Waals surface area contributed by atoms with E-state index in [-0.39, 0.29) is 11.8 Å². The number of benzene rings is 1. The molecule has 1 saturated heterocycles. The van der Waals surface area contributed by atoms with Crippen molar-refractivity contribution in [3.8, 4) is 0 Å². The Labute approximate surface area is 157 Å². The maximum atomic E-state index is 12.7. The fourth-order valence-corrected chi connectivity index (χ4v) is 3.39. The summed E-state index contributed by atoms with van der Waals surface area (Å²) in [6, 6.07) is 7.29. The zero-order chi connectivity index (χ0) is 18.9. The number of rotatable bonds is 8. The molecule has 2 rings (SSSR count). The molecule has 0 saturated carbocycles. The first-order valence-electron chi connectivity index (χ1n) is 9.95. The Hall–Kier alpha value is -1.88. The number of hydrogen-bond acceptors (Lipinski definition) is 3. The van der Waals surface area contributed by atoms with Crippen molar-refractivity contribution >= 4 is 17.5 Å². The molecular formula is C21H33N3O2. The van der Waals surface area contributed by atoms with Gasteiger partial charge < -0.3 is 10.2 Å². The van der Waals surface area contributed by atoms with Gasteiger partial charge in [-0.15, -0.1) is 0 Å². The minimum Gasteiger partial charge on any atom is -0.339 e. The summed E-state index contributed by atoms with van der Waals surface area (Å²) in [6.45, 7) is 10.3. The number of carbonyl (C=O) groups excluding carboxylic acids is 2. The van der Waals surface area contributed by atoms with Crippen LogP contribution >= 0.6 is 0 Å². The first-order valence-corrected chi connectivity index (χ1v) is 9.95. The molecule has 26 heavy (non-hydrogen) atoms. The van der Waals surface area contributed by atoms with Crippen LogP contribution in [-0.2, 0) is 4.79 Å². The van der Waals surface area contributed by atoms with E-state index in [1.54, 1.807) is 6.07 Å². The zero-order valence-electron chi connectivity index (χ0n) is 16.5. The third kappa shape index (κ3) is 6.13. The second-order valence-electron chi connectivity index (χ2n) is 7.38. The Morgan fingerprint density at radius 2 is 1.81 bits per heavy atom. The van der Waals surface area contributed by atoms with Gasteiger partial charge >= 0.3 is 0 Å². The molecular weight excluding hydrogens is 326 g/mol. The molecule has 1 aromatic carbocycles. The predicted octanol–water partition coefficient (Wildman–Crippen LogP) is 3.62. The van der Waals surface area contributed by atoms with Crippen molar-refractivity contribution in [2.45, 2.75) is 46.5 Å². The van der Waals surface area contributed by atoms with Gasteiger partial charge in [-0.25, -0.2) is 0 Å². The number of likely N-dealkylation sites (tertiary alicyclic amines) is 1. The summed E-state index contributed by atoms with van der Waals surface area (Å²) >= 11 is 0. The van der Waals surface area contributed by atoms with Crippen LogP contribution in [0.4, 0.5) is 5.69 Å². The van der Waals surface area contributed by atoms with E-state index in [0.717, 1.165) is 57.8 Å². The highest BCUT2D eigenvalue weighted by Gasteiger charge is 2.19. The number of carbonyl (C=O) groups is 2. The molecule has 0 aromatic heterocycles. The third-order valence-corrected chi connectivity index (χ3v) is 4.91. The molecule has 0 aliphatic carbocycles. The quantitative estimate of drug-likeness (QED) is 0.771. The lowest BCUT2D eigenvalue weighted by Gasteiger charge is -2.29. The van der Waals surface area contributed by atoms with Gasteiger partial charge in [0.1, 0.15) is 0 Å². The van der Waals surface area contributed by atoms with Crippen LogP contribution in [0.2, 0.25) is 0 Å². The predicted molar refractivity (Wildman–Crippen MR) is 106 cm³/mol. The number of hydrogen-bond donors (Lipinski definition) is 1. The Morgan fingerprint density at radius 1 is 1.15 bits per heavy atom. The second-order valence-corrected chi connectivity index (χ2v) is 7.38. The zero-order valence-corrected chi connectivity index (χ0v) is 16.5. The van der Waals surface area contributed by atoms with Gasteiger partial charge in [0.25, 0.3) is 5.91 Å². The number of piperidine rings is 1. The summed E-state index contributed by atoms with van der Waals surface area (Å²) in [5, 5.41) is 2.95. The van der Waals surface area contributed by atoms with E-state index in [0.29, 0.717) is 17.8 Å². The van der Waals surface area contributed by atoms with Gasteiger partial charge in [0.05, 0.1) is 6.54 Å². The number of nitrogens with zero attached hydrogens (tertiary/aromatic N) is 2. The Morgan fingerprint density at radius 3 is 2.42 bits per heavy atom. The molecule has 144 valence electrons. The highest BCUT2D eigenvalue weighted by atomic mass is 16.2. The van der Waals surface area contributed by atoms with Gasteiger partial charge in [0.15, 0.2) is 0 Å². The van der Waals surface area contributed by atoms with Crippen LogP contribution in [-0.4, -0.2) is 54.3 Å². The average Bonchev–Trinajstić information content (AvgIpc) is 2.63. The molecule has 0 bridgehead atoms. The van der Waals surface area contributed by atoms with E-state index >= 15 is 0 Å². The molecule has 1 fully saturated rings. The average molecular weight is 360 g/mol. The number of nitrogens with one attached hydrogen (secondary N) is 1. The molecule has 1 heterocycles. The van der Waals surface area contributed by atoms with Crippen molar-refractivity contribution in [2.24, 2.45) is 5.92 Å². The molecule has 1 aromatic rings. The molecule has 5 nitrogen and oxygen atoms in total. The van der Waals surface area contributed by atoms with E-state index in [2.05, 4.69) is 31.0 Å². The molecule has 1 N–H and O–H groups in total. The number of amides is 2. The van der Waals surface area contributed by atoms with E-state index in [9.17, 15) is 9.59 Å². The van der Waals surface area contributed by atoms with Gasteiger partial charge in [-0.2, -0.15) is 0 Å². The lowest BCUT2D eigenvalue weighted by Crippen LogP contribution is -2.38. The first-order chi connectivity index (χ1) is 12.5. The van der Waals surface area contributed by atoms with Crippen LogP contribution in [0.25, 0.3) is 0 Å². The van der Waals surface area contributed by atoms with Crippen molar-refractivity contribution < 1.29 is 9.59 Å². The van der Waals surface area contributed by atoms with Crippen molar-refractivity contribution in [3.05, 3.63) is 29.8 Å². The molecule has 1 aliphatic rings.